The highest BCUT2D eigenvalue weighted by Crippen LogP contribution is 2.22. The molecule has 0 aliphatic heterocycles. The summed E-state index contributed by atoms with van der Waals surface area (Å²) < 4.78 is 22.5. The van der Waals surface area contributed by atoms with Crippen LogP contribution in [0.2, 0.25) is 0 Å². The normalized spacial score (nSPS) is 12.2. The maximum atomic E-state index is 11.3. The molecular formula is C18H24N4O2S. The molecule has 0 aliphatic rings. The van der Waals surface area contributed by atoms with Crippen LogP contribution in [0, 0.1) is 0 Å². The van der Waals surface area contributed by atoms with Gasteiger partial charge < -0.3 is 11.1 Å². The first-order chi connectivity index (χ1) is 11.8. The van der Waals surface area contributed by atoms with Gasteiger partial charge in [0.25, 0.3) is 0 Å². The molecule has 5 N–H and O–H groups in total. The van der Waals surface area contributed by atoms with Crippen molar-refractivity contribution < 1.29 is 8.42 Å². The first-order valence-corrected chi connectivity index (χ1v) is 9.69. The average Bonchev–Trinajstić information content (AvgIpc) is 2.59. The number of hydrogen-bond acceptors (Lipinski definition) is 3. The van der Waals surface area contributed by atoms with Gasteiger partial charge in [-0.3, -0.25) is 0 Å². The number of hydrogen-bond donors (Lipinski definition) is 3. The maximum absolute atomic E-state index is 11.3. The molecule has 0 spiro atoms. The molecule has 0 bridgehead atoms. The van der Waals surface area contributed by atoms with E-state index in [2.05, 4.69) is 36.3 Å². The summed E-state index contributed by atoms with van der Waals surface area (Å²) in [5, 5.41) is 8.28. The fourth-order valence-corrected chi connectivity index (χ4v) is 3.05. The first kappa shape index (κ1) is 19.0. The summed E-state index contributed by atoms with van der Waals surface area (Å²) in [5.74, 6) is 0.325. The van der Waals surface area contributed by atoms with E-state index in [0.717, 1.165) is 24.1 Å². The molecule has 0 aliphatic carbocycles. The third-order valence-corrected chi connectivity index (χ3v) is 4.87. The van der Waals surface area contributed by atoms with Crippen LogP contribution in [0.15, 0.2) is 52.4 Å². The predicted molar refractivity (Wildman–Crippen MR) is 102 cm³/mol. The zero-order valence-electron chi connectivity index (χ0n) is 14.5. The third kappa shape index (κ3) is 5.04. The standard InChI is InChI=1S/C18H24N4O2S/c1-3-14-6-5-7-15(4-2)17(14)22-18(19)21-12-13-8-10-16(11-9-13)25(20,23)24/h5-11H,3-4,12H2,1-2H3,(H3,19,21,22)(H2,20,23,24). The second-order valence-corrected chi connectivity index (χ2v) is 7.24. The van der Waals surface area contributed by atoms with Crippen molar-refractivity contribution in [1.29, 1.82) is 0 Å². The molecule has 6 nitrogen and oxygen atoms in total. The van der Waals surface area contributed by atoms with Crippen LogP contribution in [-0.4, -0.2) is 14.4 Å². The number of nitrogens with zero attached hydrogens (tertiary/aromatic N) is 1. The van der Waals surface area contributed by atoms with Gasteiger partial charge in [0.1, 0.15) is 0 Å². The molecule has 0 radical (unpaired) electrons. The summed E-state index contributed by atoms with van der Waals surface area (Å²) in [6.07, 6.45) is 1.80. The lowest BCUT2D eigenvalue weighted by Crippen LogP contribution is -2.24. The summed E-state index contributed by atoms with van der Waals surface area (Å²) in [6, 6.07) is 12.5. The molecule has 2 aromatic rings. The Balaban J connectivity index is 2.13. The molecular weight excluding hydrogens is 336 g/mol. The molecule has 134 valence electrons. The van der Waals surface area contributed by atoms with E-state index in [1.54, 1.807) is 12.1 Å². The number of primary sulfonamides is 1. The van der Waals surface area contributed by atoms with Gasteiger partial charge >= 0.3 is 0 Å². The Morgan fingerprint density at radius 1 is 1.04 bits per heavy atom. The van der Waals surface area contributed by atoms with Gasteiger partial charge in [-0.05, 0) is 41.7 Å². The number of aliphatic imine (C=N–C) groups is 1. The number of guanidine groups is 1. The summed E-state index contributed by atoms with van der Waals surface area (Å²) in [4.78, 5) is 4.41. The van der Waals surface area contributed by atoms with E-state index in [1.807, 2.05) is 6.07 Å². The topological polar surface area (TPSA) is 111 Å². The number of sulfonamides is 1. The van der Waals surface area contributed by atoms with Crippen LogP contribution in [0.4, 0.5) is 5.69 Å². The van der Waals surface area contributed by atoms with Crippen molar-refractivity contribution in [3.8, 4) is 0 Å². The highest BCUT2D eigenvalue weighted by molar-refractivity contribution is 7.89. The van der Waals surface area contributed by atoms with Gasteiger partial charge in [0.2, 0.25) is 10.0 Å². The van der Waals surface area contributed by atoms with E-state index in [4.69, 9.17) is 10.9 Å². The summed E-state index contributed by atoms with van der Waals surface area (Å²) >= 11 is 0. The minimum absolute atomic E-state index is 0.0794. The van der Waals surface area contributed by atoms with Crippen molar-refractivity contribution in [2.75, 3.05) is 5.32 Å². The molecule has 0 amide bonds. The van der Waals surface area contributed by atoms with Crippen LogP contribution in [0.5, 0.6) is 0 Å². The minimum Gasteiger partial charge on any atom is -0.370 e. The lowest BCUT2D eigenvalue weighted by Gasteiger charge is -2.14. The van der Waals surface area contributed by atoms with Crippen LogP contribution in [0.25, 0.3) is 0 Å². The zero-order chi connectivity index (χ0) is 18.4. The van der Waals surface area contributed by atoms with Gasteiger partial charge in [-0.1, -0.05) is 44.2 Å². The maximum Gasteiger partial charge on any atom is 0.238 e. The molecule has 2 aromatic carbocycles. The summed E-state index contributed by atoms with van der Waals surface area (Å²) in [6.45, 7) is 4.54. The number of nitrogens with one attached hydrogen (secondary N) is 1. The first-order valence-electron chi connectivity index (χ1n) is 8.14. The van der Waals surface area contributed by atoms with Gasteiger partial charge in [0, 0.05) is 5.69 Å². The Hall–Kier alpha value is -2.38. The van der Waals surface area contributed by atoms with E-state index in [1.165, 1.54) is 23.3 Å². The molecule has 0 saturated carbocycles. The van der Waals surface area contributed by atoms with Crippen molar-refractivity contribution in [2.24, 2.45) is 15.9 Å². The molecule has 0 saturated heterocycles. The fraction of sp³-hybridized carbons (Fsp3) is 0.278. The Kier molecular flexibility index (Phi) is 6.17. The van der Waals surface area contributed by atoms with Crippen molar-refractivity contribution in [3.63, 3.8) is 0 Å². The highest BCUT2D eigenvalue weighted by Gasteiger charge is 2.08. The monoisotopic (exact) mass is 360 g/mol. The summed E-state index contributed by atoms with van der Waals surface area (Å²) in [5.41, 5.74) is 10.3. The summed E-state index contributed by atoms with van der Waals surface area (Å²) in [7, 11) is -3.68. The largest absolute Gasteiger partial charge is 0.370 e. The van der Waals surface area contributed by atoms with Crippen molar-refractivity contribution >= 4 is 21.7 Å². The second kappa shape index (κ2) is 8.13. The lowest BCUT2D eigenvalue weighted by atomic mass is 10.0. The number of anilines is 1. The van der Waals surface area contributed by atoms with Gasteiger partial charge in [0.15, 0.2) is 5.96 Å². The number of para-hydroxylation sites is 1. The second-order valence-electron chi connectivity index (χ2n) is 5.67. The van der Waals surface area contributed by atoms with Crippen LogP contribution in [-0.2, 0) is 29.4 Å². The molecule has 0 heterocycles. The Morgan fingerprint density at radius 2 is 1.60 bits per heavy atom. The Labute approximate surface area is 149 Å². The lowest BCUT2D eigenvalue weighted by molar-refractivity contribution is 0.598. The average molecular weight is 360 g/mol. The van der Waals surface area contributed by atoms with E-state index in [-0.39, 0.29) is 4.90 Å². The van der Waals surface area contributed by atoms with Crippen LogP contribution < -0.4 is 16.2 Å². The number of aryl methyl sites for hydroxylation is 2. The number of benzene rings is 2. The van der Waals surface area contributed by atoms with E-state index in [0.29, 0.717) is 12.5 Å². The van der Waals surface area contributed by atoms with Crippen LogP contribution in [0.1, 0.15) is 30.5 Å². The van der Waals surface area contributed by atoms with E-state index >= 15 is 0 Å². The molecule has 0 aromatic heterocycles. The molecule has 0 atom stereocenters. The van der Waals surface area contributed by atoms with Crippen molar-refractivity contribution in [1.82, 2.24) is 0 Å². The molecule has 0 unspecified atom stereocenters. The quantitative estimate of drug-likeness (QED) is 0.542. The van der Waals surface area contributed by atoms with Crippen molar-refractivity contribution in [2.45, 2.75) is 38.1 Å². The van der Waals surface area contributed by atoms with Crippen LogP contribution >= 0.6 is 0 Å². The van der Waals surface area contributed by atoms with E-state index < -0.39 is 10.0 Å². The predicted octanol–water partition coefficient (Wildman–Crippen LogP) is 2.39. The number of nitrogens with two attached hydrogens (primary N) is 2. The van der Waals surface area contributed by atoms with Gasteiger partial charge in [-0.15, -0.1) is 0 Å². The minimum atomic E-state index is -3.68. The third-order valence-electron chi connectivity index (χ3n) is 3.94. The highest BCUT2D eigenvalue weighted by atomic mass is 32.2. The van der Waals surface area contributed by atoms with E-state index in [9.17, 15) is 8.42 Å². The molecule has 2 rings (SSSR count). The SMILES string of the molecule is CCc1cccc(CC)c1NC(N)=NCc1ccc(S(N)(=O)=O)cc1. The molecule has 0 fully saturated rings. The Bertz CT molecular complexity index is 837. The number of rotatable bonds is 6. The van der Waals surface area contributed by atoms with Gasteiger partial charge in [-0.25, -0.2) is 18.5 Å². The van der Waals surface area contributed by atoms with Gasteiger partial charge in [-0.2, -0.15) is 0 Å². The Morgan fingerprint density at radius 3 is 2.08 bits per heavy atom. The van der Waals surface area contributed by atoms with Gasteiger partial charge in [0.05, 0.1) is 11.4 Å². The van der Waals surface area contributed by atoms with Crippen LogP contribution in [0.3, 0.4) is 0 Å². The zero-order valence-corrected chi connectivity index (χ0v) is 15.3. The van der Waals surface area contributed by atoms with Crippen molar-refractivity contribution in [3.05, 3.63) is 59.2 Å². The molecule has 25 heavy (non-hydrogen) atoms. The fourth-order valence-electron chi connectivity index (χ4n) is 2.53. The smallest absolute Gasteiger partial charge is 0.238 e. The molecule has 7 heteroatoms.